The van der Waals surface area contributed by atoms with Gasteiger partial charge in [0.1, 0.15) is 0 Å². The van der Waals surface area contributed by atoms with Crippen molar-refractivity contribution in [3.63, 3.8) is 0 Å². The monoisotopic (exact) mass is 424 g/mol. The molecule has 0 aromatic carbocycles. The van der Waals surface area contributed by atoms with Gasteiger partial charge in [0.25, 0.3) is 0 Å². The Morgan fingerprint density at radius 1 is 1.69 bits per heavy atom. The molecule has 0 aliphatic carbocycles. The average Bonchev–Trinajstić information content (AvgIpc) is 2.19. The summed E-state index contributed by atoms with van der Waals surface area (Å²) < 4.78 is 1.74. The molecule has 0 N–H and O–H groups in total. The summed E-state index contributed by atoms with van der Waals surface area (Å²) in [5.74, 6) is 1.25. The minimum Gasteiger partial charge on any atom is -0.344 e. The molecule has 0 aliphatic heterocycles. The van der Waals surface area contributed by atoms with E-state index in [0.29, 0.717) is 11.6 Å². The van der Waals surface area contributed by atoms with Crippen molar-refractivity contribution in [2.75, 3.05) is 0 Å². The van der Waals surface area contributed by atoms with E-state index in [2.05, 4.69) is 33.4 Å². The first-order chi connectivity index (χ1) is 7.24. The molecule has 0 atom stereocenters. The van der Waals surface area contributed by atoms with Gasteiger partial charge in [-0.25, -0.2) is 0 Å². The van der Waals surface area contributed by atoms with Crippen LogP contribution in [0.5, 0.6) is 0 Å². The normalized spacial score (nSPS) is 8.69. The fourth-order valence-corrected chi connectivity index (χ4v) is 0.788. The molecule has 85 valence electrons. The molecule has 0 unspecified atom stereocenters. The number of aliphatic imine (C=N–C) groups is 1. The molecule has 0 fully saturated rings. The van der Waals surface area contributed by atoms with Gasteiger partial charge in [0, 0.05) is 0 Å². The van der Waals surface area contributed by atoms with E-state index >= 15 is 0 Å². The van der Waals surface area contributed by atoms with Crippen molar-refractivity contribution >= 4 is 16.7 Å². The quantitative estimate of drug-likeness (QED) is 0.425. The van der Waals surface area contributed by atoms with Crippen molar-refractivity contribution in [1.29, 1.82) is 0 Å². The number of rotatable bonds is 3. The van der Waals surface area contributed by atoms with E-state index in [9.17, 15) is 0 Å². The van der Waals surface area contributed by atoms with E-state index in [1.807, 2.05) is 6.92 Å². The van der Waals surface area contributed by atoms with E-state index in [4.69, 9.17) is 0 Å². The molecule has 6 heteroatoms. The zero-order chi connectivity index (χ0) is 11.5. The summed E-state index contributed by atoms with van der Waals surface area (Å²) in [5, 5.41) is 3.96. The molecule has 0 saturated heterocycles. The van der Waals surface area contributed by atoms with Crippen molar-refractivity contribution in [3.8, 4) is 0 Å². The zero-order valence-electron chi connectivity index (χ0n) is 9.29. The van der Waals surface area contributed by atoms with Gasteiger partial charge in [-0.2, -0.15) is 6.42 Å². The van der Waals surface area contributed by atoms with E-state index in [1.165, 1.54) is 25.7 Å². The van der Waals surface area contributed by atoms with Crippen molar-refractivity contribution in [3.05, 3.63) is 30.3 Å². The van der Waals surface area contributed by atoms with Gasteiger partial charge in [-0.15, -0.1) is 0 Å². The Morgan fingerprint density at radius 2 is 2.31 bits per heavy atom. The number of nitrogens with zero attached hydrogens (tertiary/aromatic N) is 4. The molecule has 1 heterocycles. The van der Waals surface area contributed by atoms with Crippen LogP contribution in [-0.4, -0.2) is 20.8 Å². The van der Waals surface area contributed by atoms with Crippen LogP contribution >= 0.6 is 0 Å². The van der Waals surface area contributed by atoms with Crippen LogP contribution < -0.4 is 0 Å². The molecular formula is C10H13N4VW-. The Labute approximate surface area is 120 Å². The largest absolute Gasteiger partial charge is 2.00 e. The SMILES string of the molecule is Cc1n[c-]cc([N-]C=N[CH]=[W])n1.[CH2-]CC.[V+2]. The Hall–Kier alpha value is -0.307. The predicted molar refractivity (Wildman–Crippen MR) is 58.8 cm³/mol. The Balaban J connectivity index is 0. The second-order valence-electron chi connectivity index (χ2n) is 2.40. The predicted octanol–water partition coefficient (Wildman–Crippen LogP) is 2.15. The molecule has 0 amide bonds. The van der Waals surface area contributed by atoms with Crippen molar-refractivity contribution in [1.82, 2.24) is 9.97 Å². The molecular weight excluding hydrogens is 411 g/mol. The summed E-state index contributed by atoms with van der Waals surface area (Å²) in [6, 6.07) is 1.61. The second kappa shape index (κ2) is 12.8. The summed E-state index contributed by atoms with van der Waals surface area (Å²) in [5.41, 5.74) is 0. The van der Waals surface area contributed by atoms with Crippen molar-refractivity contribution in [2.45, 2.75) is 20.3 Å². The van der Waals surface area contributed by atoms with E-state index in [1.54, 1.807) is 17.5 Å². The third-order valence-electron chi connectivity index (χ3n) is 1.01. The molecule has 1 aromatic heterocycles. The van der Waals surface area contributed by atoms with Crippen LogP contribution in [0, 0.1) is 20.0 Å². The standard InChI is InChI=1S/C7H6N4.C3H7.V.W/c1-6-9-4-3-7(11-6)10-5-8-2;1-3-2;;/h2-3,5H,1H3;1,3H2,2H3;;/q-2;-1;+2;. The van der Waals surface area contributed by atoms with Crippen LogP contribution in [0.1, 0.15) is 19.2 Å². The molecule has 4 nitrogen and oxygen atoms in total. The van der Waals surface area contributed by atoms with Crippen LogP contribution in [0.4, 0.5) is 5.82 Å². The maximum Gasteiger partial charge on any atom is 2.00 e. The minimum absolute atomic E-state index is 0. The summed E-state index contributed by atoms with van der Waals surface area (Å²) in [6.07, 6.45) is 5.14. The number of hydrogen-bond donors (Lipinski definition) is 0. The molecule has 0 bridgehead atoms. The van der Waals surface area contributed by atoms with Gasteiger partial charge in [0.05, 0.1) is 0 Å². The summed E-state index contributed by atoms with van der Waals surface area (Å²) in [6.45, 7) is 7.29. The van der Waals surface area contributed by atoms with Crippen LogP contribution in [0.25, 0.3) is 5.32 Å². The van der Waals surface area contributed by atoms with Gasteiger partial charge in [0.15, 0.2) is 0 Å². The molecule has 1 aromatic rings. The Morgan fingerprint density at radius 3 is 2.81 bits per heavy atom. The molecule has 1 radical (unpaired) electrons. The minimum atomic E-state index is 0. The first-order valence-electron chi connectivity index (χ1n) is 4.41. The smallest absolute Gasteiger partial charge is 0.344 e. The molecule has 16 heavy (non-hydrogen) atoms. The number of aromatic nitrogens is 2. The molecule has 0 saturated carbocycles. The zero-order valence-corrected chi connectivity index (χ0v) is 13.6. The third kappa shape index (κ3) is 10.2. The van der Waals surface area contributed by atoms with Crippen LogP contribution in [0.2, 0.25) is 0 Å². The Bertz CT molecular complexity index is 317. The summed E-state index contributed by atoms with van der Waals surface area (Å²) >= 11 is 1.29. The fraction of sp³-hybridized carbons (Fsp3) is 0.300. The van der Waals surface area contributed by atoms with E-state index < -0.39 is 0 Å². The molecule has 0 spiro atoms. The van der Waals surface area contributed by atoms with Crippen LogP contribution in [0.3, 0.4) is 0 Å². The summed E-state index contributed by atoms with van der Waals surface area (Å²) in [7, 11) is 0. The molecule has 0 aliphatic rings. The first-order valence-corrected chi connectivity index (χ1v) is 6.11. The second-order valence-corrected chi connectivity index (χ2v) is 3.16. The average molecular weight is 424 g/mol. The van der Waals surface area contributed by atoms with E-state index in [-0.39, 0.29) is 18.6 Å². The van der Waals surface area contributed by atoms with Gasteiger partial charge in [-0.05, 0) is 0 Å². The van der Waals surface area contributed by atoms with Gasteiger partial charge < -0.3 is 6.92 Å². The van der Waals surface area contributed by atoms with Crippen molar-refractivity contribution < 1.29 is 37.9 Å². The number of hydrogen-bond acceptors (Lipinski definition) is 3. The van der Waals surface area contributed by atoms with Gasteiger partial charge in [-0.1, -0.05) is 6.92 Å². The first kappa shape index (κ1) is 18.1. The van der Waals surface area contributed by atoms with Crippen molar-refractivity contribution in [2.24, 2.45) is 4.99 Å². The topological polar surface area (TPSA) is 52.2 Å². The fourth-order valence-electron chi connectivity index (χ4n) is 0.592. The molecule has 1 rings (SSSR count). The Kier molecular flexibility index (Phi) is 14.4. The third-order valence-corrected chi connectivity index (χ3v) is 1.45. The maximum absolute atomic E-state index is 4.04. The van der Waals surface area contributed by atoms with Crippen LogP contribution in [-0.2, 0) is 37.9 Å². The van der Waals surface area contributed by atoms with E-state index in [0.717, 1.165) is 6.42 Å². The van der Waals surface area contributed by atoms with Crippen LogP contribution in [0.15, 0.2) is 11.1 Å². The van der Waals surface area contributed by atoms with Gasteiger partial charge in [-0.3, -0.25) is 0 Å². The van der Waals surface area contributed by atoms with Gasteiger partial charge >= 0.3 is 99.9 Å². The summed E-state index contributed by atoms with van der Waals surface area (Å²) in [4.78, 5) is 11.7. The van der Waals surface area contributed by atoms with Gasteiger partial charge in [0.2, 0.25) is 0 Å². The number of aryl methyl sites for hydroxylation is 1. The maximum atomic E-state index is 4.04.